The summed E-state index contributed by atoms with van der Waals surface area (Å²) in [7, 11) is -0.0494. The Balaban J connectivity index is 3.07. The molecule has 0 saturated heterocycles. The van der Waals surface area contributed by atoms with E-state index in [1.54, 1.807) is 19.2 Å². The van der Waals surface area contributed by atoms with Crippen molar-refractivity contribution in [2.24, 2.45) is 0 Å². The quantitative estimate of drug-likeness (QED) is 0.841. The Morgan fingerprint density at radius 2 is 2.05 bits per heavy atom. The van der Waals surface area contributed by atoms with E-state index in [1.807, 2.05) is 20.9 Å². The molecule has 0 aliphatic rings. The van der Waals surface area contributed by atoms with Gasteiger partial charge in [-0.1, -0.05) is 31.0 Å². The Morgan fingerprint density at radius 3 is 2.55 bits per heavy atom. The van der Waals surface area contributed by atoms with Crippen LogP contribution in [0.4, 0.5) is 0 Å². The summed E-state index contributed by atoms with van der Waals surface area (Å²) in [5.41, 5.74) is 0.886. The molecular formula is C14H23ClN2O2S. The third-order valence-electron chi connectivity index (χ3n) is 3.40. The SMILES string of the molecule is CCCC(C)N(C)S(=O)(=O)c1ccc(CNC)c(Cl)c1. The van der Waals surface area contributed by atoms with E-state index in [1.165, 1.54) is 10.4 Å². The van der Waals surface area contributed by atoms with Crippen molar-refractivity contribution in [1.82, 2.24) is 9.62 Å². The lowest BCUT2D eigenvalue weighted by molar-refractivity contribution is 0.369. The standard InChI is InChI=1S/C14H23ClN2O2S/c1-5-6-11(2)17(4)20(18,19)13-8-7-12(10-16-3)14(15)9-13/h7-9,11,16H,5-6,10H2,1-4H3. The van der Waals surface area contributed by atoms with Gasteiger partial charge in [0.25, 0.3) is 0 Å². The molecule has 1 N–H and O–H groups in total. The van der Waals surface area contributed by atoms with E-state index in [0.717, 1.165) is 18.4 Å². The van der Waals surface area contributed by atoms with E-state index in [9.17, 15) is 8.42 Å². The summed E-state index contributed by atoms with van der Waals surface area (Å²) in [5, 5.41) is 3.47. The van der Waals surface area contributed by atoms with Crippen LogP contribution in [0.2, 0.25) is 5.02 Å². The molecule has 1 rings (SSSR count). The van der Waals surface area contributed by atoms with Crippen molar-refractivity contribution in [1.29, 1.82) is 0 Å². The Kier molecular flexibility index (Phi) is 6.45. The summed E-state index contributed by atoms with van der Waals surface area (Å²) < 4.78 is 26.5. The van der Waals surface area contributed by atoms with Gasteiger partial charge in [0.05, 0.1) is 4.90 Å². The van der Waals surface area contributed by atoms with Gasteiger partial charge in [0.2, 0.25) is 10.0 Å². The molecule has 0 spiro atoms. The molecule has 0 fully saturated rings. The molecule has 0 aliphatic carbocycles. The molecule has 0 bridgehead atoms. The van der Waals surface area contributed by atoms with E-state index in [4.69, 9.17) is 11.6 Å². The first-order valence-corrected chi connectivity index (χ1v) is 8.57. The molecule has 20 heavy (non-hydrogen) atoms. The third-order valence-corrected chi connectivity index (χ3v) is 5.72. The van der Waals surface area contributed by atoms with Crippen LogP contribution in [0, 0.1) is 0 Å². The van der Waals surface area contributed by atoms with Crippen molar-refractivity contribution in [3.63, 3.8) is 0 Å². The molecule has 0 radical (unpaired) electrons. The molecule has 1 atom stereocenters. The number of nitrogens with one attached hydrogen (secondary N) is 1. The highest BCUT2D eigenvalue weighted by Gasteiger charge is 2.25. The number of rotatable bonds is 7. The maximum absolute atomic E-state index is 12.5. The van der Waals surface area contributed by atoms with Gasteiger partial charge in [-0.3, -0.25) is 0 Å². The number of nitrogens with zero attached hydrogens (tertiary/aromatic N) is 1. The van der Waals surface area contributed by atoms with Crippen molar-refractivity contribution in [2.75, 3.05) is 14.1 Å². The van der Waals surface area contributed by atoms with Crippen LogP contribution in [0.3, 0.4) is 0 Å². The van der Waals surface area contributed by atoms with Crippen LogP contribution >= 0.6 is 11.6 Å². The molecule has 0 aromatic heterocycles. The van der Waals surface area contributed by atoms with Gasteiger partial charge in [-0.15, -0.1) is 0 Å². The second-order valence-electron chi connectivity index (χ2n) is 4.94. The molecule has 4 nitrogen and oxygen atoms in total. The largest absolute Gasteiger partial charge is 0.316 e. The molecule has 1 unspecified atom stereocenters. The zero-order valence-corrected chi connectivity index (χ0v) is 14.1. The number of sulfonamides is 1. The van der Waals surface area contributed by atoms with E-state index >= 15 is 0 Å². The molecular weight excluding hydrogens is 296 g/mol. The number of hydrogen-bond donors (Lipinski definition) is 1. The van der Waals surface area contributed by atoms with Crippen molar-refractivity contribution < 1.29 is 8.42 Å². The van der Waals surface area contributed by atoms with Crippen molar-refractivity contribution in [3.05, 3.63) is 28.8 Å². The predicted molar refractivity (Wildman–Crippen MR) is 83.5 cm³/mol. The number of benzene rings is 1. The second kappa shape index (κ2) is 7.41. The Labute approximate surface area is 127 Å². The summed E-state index contributed by atoms with van der Waals surface area (Å²) in [6.45, 7) is 4.57. The molecule has 114 valence electrons. The molecule has 0 aliphatic heterocycles. The minimum absolute atomic E-state index is 0.0271. The van der Waals surface area contributed by atoms with Gasteiger partial charge in [0, 0.05) is 24.7 Å². The lowest BCUT2D eigenvalue weighted by Gasteiger charge is -2.24. The molecule has 6 heteroatoms. The fraction of sp³-hybridized carbons (Fsp3) is 0.571. The predicted octanol–water partition coefficient (Wildman–Crippen LogP) is 2.87. The second-order valence-corrected chi connectivity index (χ2v) is 7.35. The zero-order chi connectivity index (χ0) is 15.3. The van der Waals surface area contributed by atoms with Gasteiger partial charge >= 0.3 is 0 Å². The lowest BCUT2D eigenvalue weighted by atomic mass is 10.2. The van der Waals surface area contributed by atoms with Crippen LogP contribution in [-0.2, 0) is 16.6 Å². The lowest BCUT2D eigenvalue weighted by Crippen LogP contribution is -2.35. The number of hydrogen-bond acceptors (Lipinski definition) is 3. The van der Waals surface area contributed by atoms with E-state index in [2.05, 4.69) is 5.32 Å². The third kappa shape index (κ3) is 3.95. The van der Waals surface area contributed by atoms with Crippen molar-refractivity contribution >= 4 is 21.6 Å². The maximum Gasteiger partial charge on any atom is 0.243 e. The minimum Gasteiger partial charge on any atom is -0.316 e. The first-order valence-electron chi connectivity index (χ1n) is 6.75. The van der Waals surface area contributed by atoms with Crippen LogP contribution in [0.25, 0.3) is 0 Å². The summed E-state index contributed by atoms with van der Waals surface area (Å²) in [6.07, 6.45) is 1.78. The van der Waals surface area contributed by atoms with Crippen LogP contribution in [-0.4, -0.2) is 32.9 Å². The minimum atomic E-state index is -3.49. The highest BCUT2D eigenvalue weighted by molar-refractivity contribution is 7.89. The topological polar surface area (TPSA) is 49.4 Å². The van der Waals surface area contributed by atoms with Crippen LogP contribution in [0.15, 0.2) is 23.1 Å². The zero-order valence-electron chi connectivity index (χ0n) is 12.5. The molecule has 0 heterocycles. The maximum atomic E-state index is 12.5. The molecule has 0 saturated carbocycles. The summed E-state index contributed by atoms with van der Waals surface area (Å²) >= 11 is 6.14. The Morgan fingerprint density at radius 1 is 1.40 bits per heavy atom. The highest BCUT2D eigenvalue weighted by atomic mass is 35.5. The van der Waals surface area contributed by atoms with Crippen LogP contribution in [0.5, 0.6) is 0 Å². The van der Waals surface area contributed by atoms with Crippen LogP contribution in [0.1, 0.15) is 32.3 Å². The first-order chi connectivity index (χ1) is 9.34. The Bertz CT molecular complexity index is 546. The van der Waals surface area contributed by atoms with Gasteiger partial charge < -0.3 is 5.32 Å². The highest BCUT2D eigenvalue weighted by Crippen LogP contribution is 2.24. The average Bonchev–Trinajstić information content (AvgIpc) is 2.40. The van der Waals surface area contributed by atoms with Gasteiger partial charge in [-0.2, -0.15) is 4.31 Å². The van der Waals surface area contributed by atoms with Crippen molar-refractivity contribution in [2.45, 2.75) is 44.2 Å². The smallest absolute Gasteiger partial charge is 0.243 e. The summed E-state index contributed by atoms with van der Waals surface area (Å²) in [4.78, 5) is 0.243. The van der Waals surface area contributed by atoms with Crippen molar-refractivity contribution in [3.8, 4) is 0 Å². The van der Waals surface area contributed by atoms with Gasteiger partial charge in [-0.25, -0.2) is 8.42 Å². The molecule has 1 aromatic rings. The average molecular weight is 319 g/mol. The van der Waals surface area contributed by atoms with E-state index in [-0.39, 0.29) is 10.9 Å². The Hall–Kier alpha value is -0.620. The monoisotopic (exact) mass is 318 g/mol. The van der Waals surface area contributed by atoms with Crippen LogP contribution < -0.4 is 5.32 Å². The molecule has 0 amide bonds. The first kappa shape index (κ1) is 17.4. The number of halogens is 1. The van der Waals surface area contributed by atoms with E-state index in [0.29, 0.717) is 11.6 Å². The fourth-order valence-corrected chi connectivity index (χ4v) is 3.76. The van der Waals surface area contributed by atoms with Gasteiger partial charge in [-0.05, 0) is 38.1 Å². The summed E-state index contributed by atoms with van der Waals surface area (Å²) in [5.74, 6) is 0. The molecule has 1 aromatic carbocycles. The summed E-state index contributed by atoms with van der Waals surface area (Å²) in [6, 6.07) is 4.87. The van der Waals surface area contributed by atoms with Gasteiger partial charge in [0.1, 0.15) is 0 Å². The normalized spacial score (nSPS) is 13.7. The fourth-order valence-electron chi connectivity index (χ4n) is 2.03. The van der Waals surface area contributed by atoms with Gasteiger partial charge in [0.15, 0.2) is 0 Å². The van der Waals surface area contributed by atoms with E-state index < -0.39 is 10.0 Å².